The molecule has 1 spiro atoms. The lowest BCUT2D eigenvalue weighted by Gasteiger charge is -2.46. The fourth-order valence-corrected chi connectivity index (χ4v) is 7.80. The van der Waals surface area contributed by atoms with E-state index in [1.807, 2.05) is 77.7 Å². The van der Waals surface area contributed by atoms with Gasteiger partial charge in [0.25, 0.3) is 0 Å². The van der Waals surface area contributed by atoms with Crippen LogP contribution < -0.4 is 5.32 Å². The Hall–Kier alpha value is -3.80. The lowest BCUT2D eigenvalue weighted by Crippen LogP contribution is -2.52. The van der Waals surface area contributed by atoms with Crippen LogP contribution in [0, 0.1) is 9.49 Å². The van der Waals surface area contributed by atoms with Gasteiger partial charge >= 0.3 is 11.9 Å². The van der Waals surface area contributed by atoms with Crippen LogP contribution in [-0.2, 0) is 24.5 Å². The number of hydrogen-bond acceptors (Lipinski definition) is 6. The first-order valence-electron chi connectivity index (χ1n) is 13.3. The molecule has 3 aliphatic rings. The summed E-state index contributed by atoms with van der Waals surface area (Å²) in [6.07, 6.45) is 2.30. The fraction of sp³-hybridized carbons (Fsp3) is 0.188. The van der Waals surface area contributed by atoms with Gasteiger partial charge in [0.05, 0.1) is 17.1 Å². The number of carboxylic acid groups (broad SMARTS) is 1. The van der Waals surface area contributed by atoms with Crippen molar-refractivity contribution in [3.63, 3.8) is 0 Å². The normalized spacial score (nSPS) is 28.2. The number of anilines is 1. The molecule has 42 heavy (non-hydrogen) atoms. The third kappa shape index (κ3) is 3.90. The number of carbonyl (C=O) groups excluding carboxylic acids is 2. The Bertz CT molecular complexity index is 1740. The SMILES string of the molecule is O=C1O[C@H](c2ccccc2)[C@H](c2ccccc2)N2[C@H]1[C@@H](C(=O)O)[C@]1(C(=O)Nc3ccc(I)cc31)[C@H]2c1cncc(Cl)c1. The van der Waals surface area contributed by atoms with Gasteiger partial charge in [-0.1, -0.05) is 72.3 Å². The number of benzene rings is 3. The van der Waals surface area contributed by atoms with E-state index in [0.717, 1.165) is 14.7 Å². The molecule has 0 saturated carbocycles. The monoisotopic (exact) mass is 691 g/mol. The topological polar surface area (TPSA) is 109 Å². The number of nitrogens with zero attached hydrogens (tertiary/aromatic N) is 2. The second-order valence-corrected chi connectivity index (χ2v) is 12.4. The number of hydrogen-bond donors (Lipinski definition) is 2. The molecule has 210 valence electrons. The molecule has 0 radical (unpaired) electrons. The zero-order valence-electron chi connectivity index (χ0n) is 21.9. The molecule has 2 N–H and O–H groups in total. The molecule has 3 aromatic carbocycles. The van der Waals surface area contributed by atoms with E-state index >= 15 is 0 Å². The number of amides is 1. The van der Waals surface area contributed by atoms with E-state index in [4.69, 9.17) is 16.3 Å². The minimum absolute atomic E-state index is 0.328. The highest BCUT2D eigenvalue weighted by molar-refractivity contribution is 14.1. The summed E-state index contributed by atoms with van der Waals surface area (Å²) in [5.41, 5.74) is 1.42. The number of rotatable bonds is 4. The molecule has 0 bridgehead atoms. The van der Waals surface area contributed by atoms with E-state index in [0.29, 0.717) is 21.8 Å². The number of esters is 1. The van der Waals surface area contributed by atoms with E-state index in [2.05, 4.69) is 32.9 Å². The number of halogens is 2. The number of aliphatic carboxylic acids is 1. The summed E-state index contributed by atoms with van der Waals surface area (Å²) >= 11 is 8.62. The molecule has 7 rings (SSSR count). The third-order valence-corrected chi connectivity index (χ3v) is 9.46. The number of pyridine rings is 1. The van der Waals surface area contributed by atoms with Gasteiger partial charge in [0.15, 0.2) is 0 Å². The van der Waals surface area contributed by atoms with E-state index in [9.17, 15) is 19.5 Å². The number of carbonyl (C=O) groups is 3. The Morgan fingerprint density at radius 1 is 0.929 bits per heavy atom. The molecule has 2 saturated heterocycles. The number of morpholine rings is 1. The highest BCUT2D eigenvalue weighted by Gasteiger charge is 2.74. The van der Waals surface area contributed by atoms with Crippen molar-refractivity contribution in [2.24, 2.45) is 5.92 Å². The van der Waals surface area contributed by atoms with Crippen LogP contribution >= 0.6 is 34.2 Å². The van der Waals surface area contributed by atoms with E-state index in [1.165, 1.54) is 6.20 Å². The van der Waals surface area contributed by atoms with Gasteiger partial charge in [0.1, 0.15) is 23.5 Å². The minimum Gasteiger partial charge on any atom is -0.481 e. The molecule has 6 atom stereocenters. The van der Waals surface area contributed by atoms with Crippen LogP contribution in [0.1, 0.15) is 40.4 Å². The number of ether oxygens (including phenoxy) is 1. The van der Waals surface area contributed by atoms with Crippen molar-refractivity contribution >= 4 is 57.7 Å². The second-order valence-electron chi connectivity index (χ2n) is 10.7. The van der Waals surface area contributed by atoms with Crippen molar-refractivity contribution in [1.29, 1.82) is 0 Å². The van der Waals surface area contributed by atoms with Crippen molar-refractivity contribution in [2.45, 2.75) is 29.6 Å². The Balaban J connectivity index is 1.58. The summed E-state index contributed by atoms with van der Waals surface area (Å²) in [5, 5.41) is 14.2. The molecule has 4 heterocycles. The van der Waals surface area contributed by atoms with Gasteiger partial charge in [-0.05, 0) is 69.1 Å². The van der Waals surface area contributed by atoms with Crippen LogP contribution in [0.15, 0.2) is 97.3 Å². The maximum Gasteiger partial charge on any atom is 0.325 e. The number of cyclic esters (lactones) is 1. The molecule has 3 aliphatic heterocycles. The van der Waals surface area contributed by atoms with E-state index in [-0.39, 0.29) is 0 Å². The Kier molecular flexibility index (Phi) is 6.56. The van der Waals surface area contributed by atoms with Gasteiger partial charge in [-0.25, -0.2) is 0 Å². The second kappa shape index (κ2) is 10.2. The molecule has 1 aromatic heterocycles. The molecule has 1 amide bonds. The van der Waals surface area contributed by atoms with Crippen LogP contribution in [0.3, 0.4) is 0 Å². The standard InChI is InChI=1S/C32H23ClIN3O5/c33-20-13-19(15-35-16-20)28-32(22-14-21(34)11-12-23(22)36-31(32)41)24(29(38)39)26-30(40)42-27(18-9-5-2-6-10-18)25(37(26)28)17-7-3-1-4-8-17/h1-16,24-28H,(H,36,41)(H,38,39)/t24-,25-,26-,27+,28+,32-/m0/s1. The van der Waals surface area contributed by atoms with Gasteiger partial charge in [0, 0.05) is 21.7 Å². The first kappa shape index (κ1) is 27.1. The number of carboxylic acids is 1. The van der Waals surface area contributed by atoms with Crippen molar-refractivity contribution in [3.05, 3.63) is 128 Å². The molecule has 8 nitrogen and oxygen atoms in total. The zero-order chi connectivity index (χ0) is 29.2. The highest BCUT2D eigenvalue weighted by Crippen LogP contribution is 2.64. The van der Waals surface area contributed by atoms with Crippen LogP contribution in [0.5, 0.6) is 0 Å². The Morgan fingerprint density at radius 3 is 2.29 bits per heavy atom. The van der Waals surface area contributed by atoms with Crippen molar-refractivity contribution in [3.8, 4) is 0 Å². The summed E-state index contributed by atoms with van der Waals surface area (Å²) < 4.78 is 7.00. The van der Waals surface area contributed by atoms with Crippen LogP contribution in [0.4, 0.5) is 5.69 Å². The molecule has 0 unspecified atom stereocenters. The molecular formula is C32H23ClIN3O5. The number of aromatic nitrogens is 1. The van der Waals surface area contributed by atoms with Crippen LogP contribution in [0.2, 0.25) is 5.02 Å². The summed E-state index contributed by atoms with van der Waals surface area (Å²) in [7, 11) is 0. The largest absolute Gasteiger partial charge is 0.481 e. The lowest BCUT2D eigenvalue weighted by molar-refractivity contribution is -0.179. The number of fused-ring (bicyclic) bond motifs is 3. The first-order chi connectivity index (χ1) is 20.3. The lowest BCUT2D eigenvalue weighted by atomic mass is 9.66. The van der Waals surface area contributed by atoms with Crippen LogP contribution in [0.25, 0.3) is 0 Å². The Labute approximate surface area is 259 Å². The van der Waals surface area contributed by atoms with Gasteiger partial charge in [-0.15, -0.1) is 0 Å². The van der Waals surface area contributed by atoms with Crippen molar-refractivity contribution in [1.82, 2.24) is 9.88 Å². The molecule has 2 fully saturated rings. The van der Waals surface area contributed by atoms with Gasteiger partial charge in [0.2, 0.25) is 5.91 Å². The summed E-state index contributed by atoms with van der Waals surface area (Å²) in [4.78, 5) is 48.1. The number of nitrogens with one attached hydrogen (secondary N) is 1. The molecule has 0 aliphatic carbocycles. The molecular weight excluding hydrogens is 669 g/mol. The van der Waals surface area contributed by atoms with Crippen LogP contribution in [-0.4, -0.2) is 38.9 Å². The average Bonchev–Trinajstić information content (AvgIpc) is 3.46. The highest BCUT2D eigenvalue weighted by atomic mass is 127. The van der Waals surface area contributed by atoms with Gasteiger partial charge in [-0.3, -0.25) is 24.3 Å². The zero-order valence-corrected chi connectivity index (χ0v) is 24.8. The summed E-state index contributed by atoms with van der Waals surface area (Å²) in [6.45, 7) is 0. The maximum absolute atomic E-state index is 14.4. The maximum atomic E-state index is 14.4. The van der Waals surface area contributed by atoms with Gasteiger partial charge in [-0.2, -0.15) is 0 Å². The van der Waals surface area contributed by atoms with Crippen molar-refractivity contribution in [2.75, 3.05) is 5.32 Å². The average molecular weight is 692 g/mol. The summed E-state index contributed by atoms with van der Waals surface area (Å²) in [5.74, 6) is -3.95. The predicted octanol–water partition coefficient (Wildman–Crippen LogP) is 5.70. The quantitative estimate of drug-likeness (QED) is 0.209. The summed E-state index contributed by atoms with van der Waals surface area (Å²) in [6, 6.07) is 23.2. The third-order valence-electron chi connectivity index (χ3n) is 8.58. The Morgan fingerprint density at radius 2 is 1.62 bits per heavy atom. The molecule has 4 aromatic rings. The van der Waals surface area contributed by atoms with E-state index in [1.54, 1.807) is 18.3 Å². The van der Waals surface area contributed by atoms with E-state index < -0.39 is 53.4 Å². The smallest absolute Gasteiger partial charge is 0.325 e. The fourth-order valence-electron chi connectivity index (χ4n) is 7.12. The minimum atomic E-state index is -1.70. The van der Waals surface area contributed by atoms with Crippen molar-refractivity contribution < 1.29 is 24.2 Å². The van der Waals surface area contributed by atoms with Gasteiger partial charge < -0.3 is 15.2 Å². The predicted molar refractivity (Wildman–Crippen MR) is 163 cm³/mol. The first-order valence-corrected chi connectivity index (χ1v) is 14.8. The molecule has 10 heteroatoms.